The number of carbonyl (C=O) groups is 1. The van der Waals surface area contributed by atoms with E-state index >= 15 is 0 Å². The van der Waals surface area contributed by atoms with Gasteiger partial charge in [0.05, 0.1) is 18.7 Å². The van der Waals surface area contributed by atoms with Gasteiger partial charge in [-0.3, -0.25) is 4.79 Å². The number of hydrogen-bond acceptors (Lipinski definition) is 3. The highest BCUT2D eigenvalue weighted by atomic mass is 16.3. The van der Waals surface area contributed by atoms with Crippen LogP contribution in [0, 0.1) is 11.8 Å². The molecule has 4 heteroatoms. The third kappa shape index (κ3) is 1.87. The molecule has 17 heavy (non-hydrogen) atoms. The average Bonchev–Trinajstić information content (AvgIpc) is 3.03. The number of rotatable bonds is 2. The first kappa shape index (κ1) is 11.5. The van der Waals surface area contributed by atoms with Crippen LogP contribution in [0.1, 0.15) is 32.1 Å². The number of carbonyl (C=O) groups excluding carboxylic acids is 1. The van der Waals surface area contributed by atoms with Crippen molar-refractivity contribution in [2.24, 2.45) is 11.8 Å². The van der Waals surface area contributed by atoms with Crippen LogP contribution in [-0.2, 0) is 4.79 Å². The van der Waals surface area contributed by atoms with E-state index in [-0.39, 0.29) is 24.6 Å². The molecule has 0 spiro atoms. The van der Waals surface area contributed by atoms with E-state index in [0.717, 1.165) is 31.8 Å². The van der Waals surface area contributed by atoms with Crippen LogP contribution in [-0.4, -0.2) is 47.7 Å². The summed E-state index contributed by atoms with van der Waals surface area (Å²) >= 11 is 0. The van der Waals surface area contributed by atoms with Gasteiger partial charge >= 0.3 is 0 Å². The molecule has 3 unspecified atom stereocenters. The summed E-state index contributed by atoms with van der Waals surface area (Å²) in [4.78, 5) is 14.4. The van der Waals surface area contributed by atoms with Gasteiger partial charge < -0.3 is 15.3 Å². The molecule has 0 aromatic rings. The van der Waals surface area contributed by atoms with Gasteiger partial charge in [-0.1, -0.05) is 6.42 Å². The predicted molar refractivity (Wildman–Crippen MR) is 64.4 cm³/mol. The topological polar surface area (TPSA) is 52.6 Å². The molecule has 4 atom stereocenters. The minimum absolute atomic E-state index is 0.0367. The van der Waals surface area contributed by atoms with Gasteiger partial charge in [-0.15, -0.1) is 0 Å². The van der Waals surface area contributed by atoms with Crippen LogP contribution in [0.5, 0.6) is 0 Å². The fraction of sp³-hybridized carbons (Fsp3) is 0.923. The highest BCUT2D eigenvalue weighted by Crippen LogP contribution is 2.38. The SMILES string of the molecule is O=C(C1NCC2CCCC21)N1CCC[C@@H]1CO. The van der Waals surface area contributed by atoms with Crippen LogP contribution in [0.3, 0.4) is 0 Å². The Morgan fingerprint density at radius 2 is 2.18 bits per heavy atom. The Kier molecular flexibility index (Phi) is 3.09. The summed E-state index contributed by atoms with van der Waals surface area (Å²) in [6.07, 6.45) is 5.77. The monoisotopic (exact) mass is 238 g/mol. The molecule has 2 aliphatic heterocycles. The highest BCUT2D eigenvalue weighted by molar-refractivity contribution is 5.83. The zero-order valence-corrected chi connectivity index (χ0v) is 10.3. The molecule has 0 bridgehead atoms. The van der Waals surface area contributed by atoms with Crippen molar-refractivity contribution in [1.29, 1.82) is 0 Å². The van der Waals surface area contributed by atoms with Gasteiger partial charge in [0, 0.05) is 6.54 Å². The number of hydrogen-bond donors (Lipinski definition) is 2. The number of amides is 1. The maximum atomic E-state index is 12.5. The molecule has 3 fully saturated rings. The average molecular weight is 238 g/mol. The quantitative estimate of drug-likeness (QED) is 0.730. The molecule has 96 valence electrons. The van der Waals surface area contributed by atoms with Crippen molar-refractivity contribution >= 4 is 5.91 Å². The predicted octanol–water partition coefficient (Wildman–Crippen LogP) is 0.358. The van der Waals surface area contributed by atoms with E-state index in [1.54, 1.807) is 0 Å². The summed E-state index contributed by atoms with van der Waals surface area (Å²) in [6, 6.07) is 0.111. The van der Waals surface area contributed by atoms with Gasteiger partial charge in [-0.25, -0.2) is 0 Å². The normalized spacial score (nSPS) is 40.9. The van der Waals surface area contributed by atoms with Gasteiger partial charge in [0.15, 0.2) is 0 Å². The van der Waals surface area contributed by atoms with Crippen molar-refractivity contribution in [2.75, 3.05) is 19.7 Å². The minimum Gasteiger partial charge on any atom is -0.394 e. The molecule has 2 N–H and O–H groups in total. The molecular weight excluding hydrogens is 216 g/mol. The number of aliphatic hydroxyl groups excluding tert-OH is 1. The molecule has 2 saturated heterocycles. The van der Waals surface area contributed by atoms with Crippen molar-refractivity contribution < 1.29 is 9.90 Å². The van der Waals surface area contributed by atoms with E-state index in [0.29, 0.717) is 5.92 Å². The zero-order valence-electron chi connectivity index (χ0n) is 10.3. The van der Waals surface area contributed by atoms with Crippen LogP contribution >= 0.6 is 0 Å². The smallest absolute Gasteiger partial charge is 0.240 e. The highest BCUT2D eigenvalue weighted by Gasteiger charge is 2.45. The number of likely N-dealkylation sites (tertiary alicyclic amines) is 1. The zero-order chi connectivity index (χ0) is 11.8. The van der Waals surface area contributed by atoms with Crippen LogP contribution < -0.4 is 5.32 Å². The molecule has 0 aromatic carbocycles. The summed E-state index contributed by atoms with van der Waals surface area (Å²) in [5.74, 6) is 1.53. The molecule has 3 aliphatic rings. The Morgan fingerprint density at radius 3 is 3.00 bits per heavy atom. The molecule has 1 saturated carbocycles. The van der Waals surface area contributed by atoms with Crippen LogP contribution in [0.15, 0.2) is 0 Å². The van der Waals surface area contributed by atoms with E-state index in [2.05, 4.69) is 5.32 Å². The minimum atomic E-state index is 0.0367. The second-order valence-corrected chi connectivity index (χ2v) is 5.75. The molecule has 1 aliphatic carbocycles. The van der Waals surface area contributed by atoms with E-state index in [1.165, 1.54) is 19.3 Å². The van der Waals surface area contributed by atoms with Crippen molar-refractivity contribution in [2.45, 2.75) is 44.2 Å². The first-order chi connectivity index (χ1) is 8.31. The summed E-state index contributed by atoms with van der Waals surface area (Å²) in [5.41, 5.74) is 0. The summed E-state index contributed by atoms with van der Waals surface area (Å²) in [5, 5.41) is 12.7. The molecule has 0 radical (unpaired) electrons. The molecule has 2 heterocycles. The van der Waals surface area contributed by atoms with Gasteiger partial charge in [-0.05, 0) is 44.1 Å². The van der Waals surface area contributed by atoms with Crippen LogP contribution in [0.2, 0.25) is 0 Å². The second kappa shape index (κ2) is 4.58. The summed E-state index contributed by atoms with van der Waals surface area (Å²) in [7, 11) is 0. The van der Waals surface area contributed by atoms with Gasteiger partial charge in [0.1, 0.15) is 0 Å². The van der Waals surface area contributed by atoms with E-state index in [1.807, 2.05) is 4.90 Å². The Bertz CT molecular complexity index is 308. The van der Waals surface area contributed by atoms with Gasteiger partial charge in [0.25, 0.3) is 0 Å². The summed E-state index contributed by atoms with van der Waals surface area (Å²) < 4.78 is 0. The standard InChI is InChI=1S/C13H22N2O2/c16-8-10-4-2-6-15(10)13(17)12-11-5-1-3-9(11)7-14-12/h9-12,14,16H,1-8H2/t9?,10-,11?,12?/m1/s1. The Hall–Kier alpha value is -0.610. The maximum absolute atomic E-state index is 12.5. The van der Waals surface area contributed by atoms with Crippen molar-refractivity contribution in [3.8, 4) is 0 Å². The lowest BCUT2D eigenvalue weighted by Crippen LogP contribution is -2.49. The second-order valence-electron chi connectivity index (χ2n) is 5.75. The van der Waals surface area contributed by atoms with Crippen molar-refractivity contribution in [3.05, 3.63) is 0 Å². The largest absolute Gasteiger partial charge is 0.394 e. The first-order valence-corrected chi connectivity index (χ1v) is 6.96. The lowest BCUT2D eigenvalue weighted by Gasteiger charge is -2.28. The molecular formula is C13H22N2O2. The number of nitrogens with one attached hydrogen (secondary N) is 1. The maximum Gasteiger partial charge on any atom is 0.240 e. The number of aliphatic hydroxyl groups is 1. The van der Waals surface area contributed by atoms with Crippen molar-refractivity contribution in [3.63, 3.8) is 0 Å². The van der Waals surface area contributed by atoms with Crippen LogP contribution in [0.4, 0.5) is 0 Å². The fourth-order valence-electron chi connectivity index (χ4n) is 3.95. The van der Waals surface area contributed by atoms with Gasteiger partial charge in [0.2, 0.25) is 5.91 Å². The molecule has 3 rings (SSSR count). The molecule has 0 aromatic heterocycles. The lowest BCUT2D eigenvalue weighted by atomic mass is 9.93. The Labute approximate surface area is 102 Å². The molecule has 4 nitrogen and oxygen atoms in total. The first-order valence-electron chi connectivity index (χ1n) is 6.96. The number of nitrogens with zero attached hydrogens (tertiary/aromatic N) is 1. The Balaban J connectivity index is 1.69. The lowest BCUT2D eigenvalue weighted by molar-refractivity contribution is -0.135. The van der Waals surface area contributed by atoms with E-state index in [9.17, 15) is 9.90 Å². The summed E-state index contributed by atoms with van der Waals surface area (Å²) in [6.45, 7) is 1.96. The van der Waals surface area contributed by atoms with E-state index < -0.39 is 0 Å². The van der Waals surface area contributed by atoms with Gasteiger partial charge in [-0.2, -0.15) is 0 Å². The van der Waals surface area contributed by atoms with Crippen LogP contribution in [0.25, 0.3) is 0 Å². The third-order valence-corrected chi connectivity index (χ3v) is 4.88. The Morgan fingerprint density at radius 1 is 1.29 bits per heavy atom. The number of fused-ring (bicyclic) bond motifs is 1. The van der Waals surface area contributed by atoms with E-state index in [4.69, 9.17) is 0 Å². The molecule has 1 amide bonds. The van der Waals surface area contributed by atoms with Crippen molar-refractivity contribution in [1.82, 2.24) is 10.2 Å². The fourth-order valence-corrected chi connectivity index (χ4v) is 3.95. The third-order valence-electron chi connectivity index (χ3n) is 4.88.